The van der Waals surface area contributed by atoms with Crippen LogP contribution < -0.4 is 5.32 Å². The van der Waals surface area contributed by atoms with Crippen molar-refractivity contribution < 1.29 is 0 Å². The van der Waals surface area contributed by atoms with Gasteiger partial charge >= 0.3 is 0 Å². The fourth-order valence-electron chi connectivity index (χ4n) is 1.54. The molecule has 0 fully saturated rings. The van der Waals surface area contributed by atoms with Gasteiger partial charge in [-0.1, -0.05) is 33.3 Å². The van der Waals surface area contributed by atoms with Crippen LogP contribution >= 0.6 is 11.3 Å². The number of rotatable bonds is 6. The number of nitrogens with one attached hydrogen (secondary N) is 1. The number of likely N-dealkylation sites (N-methyl/N-ethyl adjacent to an activating group) is 1. The van der Waals surface area contributed by atoms with Gasteiger partial charge in [0.15, 0.2) is 0 Å². The lowest BCUT2D eigenvalue weighted by Crippen LogP contribution is -2.18. The molecule has 1 heterocycles. The molecule has 0 saturated heterocycles. The van der Waals surface area contributed by atoms with E-state index < -0.39 is 0 Å². The lowest BCUT2D eigenvalue weighted by Gasteiger charge is -2.11. The van der Waals surface area contributed by atoms with Crippen molar-refractivity contribution in [2.75, 3.05) is 13.1 Å². The van der Waals surface area contributed by atoms with Crippen LogP contribution in [-0.4, -0.2) is 13.1 Å². The van der Waals surface area contributed by atoms with E-state index in [4.69, 9.17) is 0 Å². The zero-order valence-corrected chi connectivity index (χ0v) is 11.7. The zero-order valence-electron chi connectivity index (χ0n) is 10.8. The van der Waals surface area contributed by atoms with Gasteiger partial charge in [0.1, 0.15) is 0 Å². The van der Waals surface area contributed by atoms with Crippen molar-refractivity contribution in [3.8, 4) is 0 Å². The van der Waals surface area contributed by atoms with Crippen molar-refractivity contribution in [1.82, 2.24) is 5.32 Å². The molecule has 0 atom stereocenters. The third kappa shape index (κ3) is 4.11. The Labute approximate surface area is 104 Å². The first kappa shape index (κ1) is 13.5. The molecular formula is C14H23NS. The first-order valence-electron chi connectivity index (χ1n) is 6.17. The first-order valence-corrected chi connectivity index (χ1v) is 6.98. The summed E-state index contributed by atoms with van der Waals surface area (Å²) in [6.07, 6.45) is 3.49. The van der Waals surface area contributed by atoms with Crippen LogP contribution in [0.5, 0.6) is 0 Å². The largest absolute Gasteiger partial charge is 0.313 e. The minimum absolute atomic E-state index is 0.617. The summed E-state index contributed by atoms with van der Waals surface area (Å²) in [6.45, 7) is 10.9. The van der Waals surface area contributed by atoms with Crippen molar-refractivity contribution in [3.63, 3.8) is 0 Å². The first-order chi connectivity index (χ1) is 7.67. The predicted octanol–water partition coefficient (Wildman–Crippen LogP) is 3.96. The molecule has 1 aromatic heterocycles. The number of hydrogen-bond acceptors (Lipinski definition) is 2. The lowest BCUT2D eigenvalue weighted by molar-refractivity contribution is 0.683. The molecule has 1 rings (SSSR count). The summed E-state index contributed by atoms with van der Waals surface area (Å²) in [6, 6.07) is 4.47. The van der Waals surface area contributed by atoms with E-state index in [-0.39, 0.29) is 0 Å². The van der Waals surface area contributed by atoms with E-state index in [1.54, 1.807) is 0 Å². The Morgan fingerprint density at radius 2 is 2.12 bits per heavy atom. The fraction of sp³-hybridized carbons (Fsp3) is 0.571. The highest BCUT2D eigenvalue weighted by atomic mass is 32.1. The third-order valence-corrected chi connectivity index (χ3v) is 3.86. The van der Waals surface area contributed by atoms with Gasteiger partial charge in [0, 0.05) is 16.3 Å². The van der Waals surface area contributed by atoms with Crippen molar-refractivity contribution in [1.29, 1.82) is 0 Å². The molecule has 0 spiro atoms. The van der Waals surface area contributed by atoms with Gasteiger partial charge in [-0.3, -0.25) is 0 Å². The van der Waals surface area contributed by atoms with E-state index in [2.05, 4.69) is 51.2 Å². The molecule has 0 unspecified atom stereocenters. The maximum Gasteiger partial charge on any atom is 0.0273 e. The molecule has 1 nitrogen and oxygen atoms in total. The van der Waals surface area contributed by atoms with E-state index in [0.29, 0.717) is 5.92 Å². The van der Waals surface area contributed by atoms with Crippen molar-refractivity contribution in [2.45, 2.75) is 34.1 Å². The number of hydrogen-bond donors (Lipinski definition) is 1. The topological polar surface area (TPSA) is 12.0 Å². The van der Waals surface area contributed by atoms with Gasteiger partial charge in [-0.05, 0) is 37.1 Å². The van der Waals surface area contributed by atoms with E-state index in [0.717, 1.165) is 19.5 Å². The van der Waals surface area contributed by atoms with Gasteiger partial charge in [0.2, 0.25) is 0 Å². The Morgan fingerprint density at radius 3 is 2.62 bits per heavy atom. The Hall–Kier alpha value is -0.600. The number of thiophene rings is 1. The van der Waals surface area contributed by atoms with Crippen LogP contribution in [0.4, 0.5) is 0 Å². The SMILES string of the molecule is CCNCC(=Cc1ccc(CC)s1)C(C)C. The molecule has 0 amide bonds. The fourth-order valence-corrected chi connectivity index (χ4v) is 2.47. The van der Waals surface area contributed by atoms with E-state index >= 15 is 0 Å². The molecular weight excluding hydrogens is 214 g/mol. The summed E-state index contributed by atoms with van der Waals surface area (Å²) >= 11 is 1.91. The smallest absolute Gasteiger partial charge is 0.0273 e. The zero-order chi connectivity index (χ0) is 12.0. The summed E-state index contributed by atoms with van der Waals surface area (Å²) in [7, 11) is 0. The summed E-state index contributed by atoms with van der Waals surface area (Å²) in [4.78, 5) is 2.86. The summed E-state index contributed by atoms with van der Waals surface area (Å²) in [5, 5.41) is 3.41. The molecule has 1 aromatic rings. The van der Waals surface area contributed by atoms with Crippen LogP contribution in [-0.2, 0) is 6.42 Å². The standard InChI is InChI=1S/C14H23NS/c1-5-13-7-8-14(16-13)9-12(11(3)4)10-15-6-2/h7-9,11,15H,5-6,10H2,1-4H3. The second-order valence-corrected chi connectivity index (χ2v) is 5.51. The van der Waals surface area contributed by atoms with Gasteiger partial charge in [-0.15, -0.1) is 11.3 Å². The van der Waals surface area contributed by atoms with Gasteiger partial charge in [0.05, 0.1) is 0 Å². The molecule has 0 aromatic carbocycles. The summed E-state index contributed by atoms with van der Waals surface area (Å²) < 4.78 is 0. The van der Waals surface area contributed by atoms with E-state index in [1.807, 2.05) is 11.3 Å². The molecule has 0 aliphatic carbocycles. The van der Waals surface area contributed by atoms with Crippen LogP contribution in [0.15, 0.2) is 17.7 Å². The third-order valence-electron chi connectivity index (χ3n) is 2.68. The predicted molar refractivity (Wildman–Crippen MR) is 75.1 cm³/mol. The normalized spacial score (nSPS) is 12.4. The molecule has 0 bridgehead atoms. The maximum atomic E-state index is 3.41. The maximum absolute atomic E-state index is 3.41. The Bertz CT molecular complexity index is 336. The highest BCUT2D eigenvalue weighted by Crippen LogP contribution is 2.22. The summed E-state index contributed by atoms with van der Waals surface area (Å²) in [5.41, 5.74) is 1.49. The monoisotopic (exact) mass is 237 g/mol. The second kappa shape index (κ2) is 6.87. The van der Waals surface area contributed by atoms with Gasteiger partial charge in [0.25, 0.3) is 0 Å². The van der Waals surface area contributed by atoms with Crippen molar-refractivity contribution in [2.24, 2.45) is 5.92 Å². The van der Waals surface area contributed by atoms with Gasteiger partial charge in [-0.25, -0.2) is 0 Å². The second-order valence-electron chi connectivity index (χ2n) is 4.31. The van der Waals surface area contributed by atoms with Crippen LogP contribution in [0.2, 0.25) is 0 Å². The lowest BCUT2D eigenvalue weighted by atomic mass is 10.0. The molecule has 2 heteroatoms. The molecule has 0 saturated carbocycles. The van der Waals surface area contributed by atoms with Crippen molar-refractivity contribution >= 4 is 17.4 Å². The van der Waals surface area contributed by atoms with Crippen LogP contribution in [0.1, 0.15) is 37.4 Å². The molecule has 0 radical (unpaired) electrons. The average Bonchev–Trinajstić information content (AvgIpc) is 2.71. The average molecular weight is 237 g/mol. The minimum Gasteiger partial charge on any atom is -0.313 e. The Morgan fingerprint density at radius 1 is 1.38 bits per heavy atom. The Kier molecular flexibility index (Phi) is 5.78. The van der Waals surface area contributed by atoms with Gasteiger partial charge < -0.3 is 5.32 Å². The van der Waals surface area contributed by atoms with Crippen LogP contribution in [0.3, 0.4) is 0 Å². The van der Waals surface area contributed by atoms with Crippen LogP contribution in [0.25, 0.3) is 6.08 Å². The highest BCUT2D eigenvalue weighted by molar-refractivity contribution is 7.12. The molecule has 1 N–H and O–H groups in total. The van der Waals surface area contributed by atoms with E-state index in [9.17, 15) is 0 Å². The molecule has 16 heavy (non-hydrogen) atoms. The minimum atomic E-state index is 0.617. The summed E-state index contributed by atoms with van der Waals surface area (Å²) in [5.74, 6) is 0.617. The molecule has 90 valence electrons. The molecule has 0 aliphatic rings. The van der Waals surface area contributed by atoms with Crippen LogP contribution in [0, 0.1) is 5.92 Å². The number of aryl methyl sites for hydroxylation is 1. The van der Waals surface area contributed by atoms with E-state index in [1.165, 1.54) is 15.3 Å². The quantitative estimate of drug-likeness (QED) is 0.789. The van der Waals surface area contributed by atoms with Crippen molar-refractivity contribution in [3.05, 3.63) is 27.5 Å². The Balaban J connectivity index is 2.75. The molecule has 0 aliphatic heterocycles. The highest BCUT2D eigenvalue weighted by Gasteiger charge is 2.04. The van der Waals surface area contributed by atoms with Gasteiger partial charge in [-0.2, -0.15) is 0 Å².